The van der Waals surface area contributed by atoms with E-state index in [4.69, 9.17) is 4.98 Å². The lowest BCUT2D eigenvalue weighted by Crippen LogP contribution is -2.26. The summed E-state index contributed by atoms with van der Waals surface area (Å²) in [6.07, 6.45) is 5.09. The van der Waals surface area contributed by atoms with Crippen molar-refractivity contribution in [2.75, 3.05) is 26.2 Å². The largest absolute Gasteiger partial charge is 0.384 e. The molecule has 26 heavy (non-hydrogen) atoms. The van der Waals surface area contributed by atoms with E-state index in [2.05, 4.69) is 56.8 Å². The van der Waals surface area contributed by atoms with Gasteiger partial charge in [-0.15, -0.1) is 0 Å². The molecule has 2 aliphatic heterocycles. The molecule has 0 radical (unpaired) electrons. The van der Waals surface area contributed by atoms with Gasteiger partial charge < -0.3 is 5.32 Å². The molecule has 0 saturated carbocycles. The number of H-pyrrole nitrogens is 1. The molecule has 4 heterocycles. The first kappa shape index (κ1) is 15.3. The standard InChI is InChI=1S/C21H21N5/c1-2-4-19-15(3-1)5-6-16(24-19)9-12-26-13-18-17(20-8-11-23-25-20)7-10-22-21(18)14-26/h1-8,11,22H,9-10,12-14H2,(H,23,25). The van der Waals surface area contributed by atoms with Crippen LogP contribution in [0.25, 0.3) is 16.5 Å². The Hall–Kier alpha value is -2.92. The van der Waals surface area contributed by atoms with Gasteiger partial charge in [0.05, 0.1) is 11.2 Å². The molecule has 0 unspecified atom stereocenters. The molecule has 0 spiro atoms. The molecule has 2 aromatic heterocycles. The van der Waals surface area contributed by atoms with Gasteiger partial charge in [0.25, 0.3) is 0 Å². The van der Waals surface area contributed by atoms with Crippen molar-refractivity contribution in [3.05, 3.63) is 77.4 Å². The third-order valence-corrected chi connectivity index (χ3v) is 5.19. The molecule has 3 aromatic rings. The highest BCUT2D eigenvalue weighted by Gasteiger charge is 2.27. The molecule has 0 bridgehead atoms. The van der Waals surface area contributed by atoms with Crippen molar-refractivity contribution in [3.63, 3.8) is 0 Å². The maximum Gasteiger partial charge on any atom is 0.0921 e. The summed E-state index contributed by atoms with van der Waals surface area (Å²) in [5.74, 6) is 0. The summed E-state index contributed by atoms with van der Waals surface area (Å²) in [6, 6.07) is 14.7. The van der Waals surface area contributed by atoms with E-state index in [0.717, 1.165) is 49.5 Å². The lowest BCUT2D eigenvalue weighted by atomic mass is 9.99. The van der Waals surface area contributed by atoms with E-state index in [-0.39, 0.29) is 0 Å². The summed E-state index contributed by atoms with van der Waals surface area (Å²) in [7, 11) is 0. The minimum absolute atomic E-state index is 0.876. The number of hydrogen-bond donors (Lipinski definition) is 2. The fourth-order valence-electron chi connectivity index (χ4n) is 3.85. The van der Waals surface area contributed by atoms with Crippen LogP contribution in [0.2, 0.25) is 0 Å². The second-order valence-corrected chi connectivity index (χ2v) is 6.87. The minimum Gasteiger partial charge on any atom is -0.384 e. The monoisotopic (exact) mass is 343 g/mol. The van der Waals surface area contributed by atoms with Gasteiger partial charge in [-0.3, -0.25) is 15.0 Å². The quantitative estimate of drug-likeness (QED) is 0.765. The number of aromatic nitrogens is 3. The number of dihydropyridines is 1. The van der Waals surface area contributed by atoms with Gasteiger partial charge in [0.1, 0.15) is 0 Å². The van der Waals surface area contributed by atoms with Crippen molar-refractivity contribution in [2.45, 2.75) is 6.42 Å². The molecular formula is C21H21N5. The SMILES string of the molecule is C1=C(c2cc[nH]n2)C2=C(CN(CCc3ccc4ccccc4n3)C2)NC1. The van der Waals surface area contributed by atoms with Gasteiger partial charge in [0, 0.05) is 61.1 Å². The van der Waals surface area contributed by atoms with Gasteiger partial charge >= 0.3 is 0 Å². The van der Waals surface area contributed by atoms with Gasteiger partial charge in [-0.2, -0.15) is 5.10 Å². The van der Waals surface area contributed by atoms with Crippen molar-refractivity contribution in [1.29, 1.82) is 0 Å². The maximum atomic E-state index is 4.80. The van der Waals surface area contributed by atoms with Crippen LogP contribution in [0.3, 0.4) is 0 Å². The third-order valence-electron chi connectivity index (χ3n) is 5.19. The Bertz CT molecular complexity index is 1000. The van der Waals surface area contributed by atoms with E-state index < -0.39 is 0 Å². The van der Waals surface area contributed by atoms with Crippen LogP contribution in [-0.4, -0.2) is 46.3 Å². The first-order valence-electron chi connectivity index (χ1n) is 9.10. The topological polar surface area (TPSA) is 56.8 Å². The first-order chi connectivity index (χ1) is 12.9. The molecule has 130 valence electrons. The number of hydrogen-bond acceptors (Lipinski definition) is 4. The molecule has 5 rings (SSSR count). The number of aromatic amines is 1. The zero-order chi connectivity index (χ0) is 17.3. The Labute approximate surface area is 152 Å². The lowest BCUT2D eigenvalue weighted by Gasteiger charge is -2.16. The predicted octanol–water partition coefficient (Wildman–Crippen LogP) is 2.76. The van der Waals surface area contributed by atoms with Crippen LogP contribution in [0, 0.1) is 0 Å². The Morgan fingerprint density at radius 2 is 2.00 bits per heavy atom. The van der Waals surface area contributed by atoms with E-state index in [1.54, 1.807) is 0 Å². The summed E-state index contributed by atoms with van der Waals surface area (Å²) in [4.78, 5) is 7.29. The zero-order valence-corrected chi connectivity index (χ0v) is 14.6. The van der Waals surface area contributed by atoms with Crippen LogP contribution < -0.4 is 5.32 Å². The van der Waals surface area contributed by atoms with Gasteiger partial charge in [-0.1, -0.05) is 30.3 Å². The van der Waals surface area contributed by atoms with Crippen LogP contribution in [0.1, 0.15) is 11.4 Å². The van der Waals surface area contributed by atoms with E-state index in [1.807, 2.05) is 18.3 Å². The zero-order valence-electron chi connectivity index (χ0n) is 14.6. The number of pyridine rings is 1. The first-order valence-corrected chi connectivity index (χ1v) is 9.10. The summed E-state index contributed by atoms with van der Waals surface area (Å²) < 4.78 is 0. The number of rotatable bonds is 4. The summed E-state index contributed by atoms with van der Waals surface area (Å²) in [6.45, 7) is 3.83. The number of nitrogens with one attached hydrogen (secondary N) is 2. The van der Waals surface area contributed by atoms with E-state index in [0.29, 0.717) is 0 Å². The van der Waals surface area contributed by atoms with E-state index in [9.17, 15) is 0 Å². The Balaban J connectivity index is 1.27. The molecule has 0 aliphatic carbocycles. The van der Waals surface area contributed by atoms with Gasteiger partial charge in [0.2, 0.25) is 0 Å². The van der Waals surface area contributed by atoms with Gasteiger partial charge in [0.15, 0.2) is 0 Å². The average Bonchev–Trinajstić information content (AvgIpc) is 3.35. The Kier molecular flexibility index (Phi) is 3.79. The molecule has 0 saturated heterocycles. The highest BCUT2D eigenvalue weighted by molar-refractivity contribution is 5.80. The Morgan fingerprint density at radius 1 is 1.04 bits per heavy atom. The molecule has 2 N–H and O–H groups in total. The van der Waals surface area contributed by atoms with Crippen molar-refractivity contribution in [1.82, 2.24) is 25.4 Å². The number of benzene rings is 1. The molecule has 0 amide bonds. The normalized spacial score (nSPS) is 17.3. The fourth-order valence-corrected chi connectivity index (χ4v) is 3.85. The van der Waals surface area contributed by atoms with Crippen LogP contribution in [0.15, 0.2) is 66.0 Å². The highest BCUT2D eigenvalue weighted by atomic mass is 15.2. The number of fused-ring (bicyclic) bond motifs is 1. The van der Waals surface area contributed by atoms with Crippen molar-refractivity contribution in [3.8, 4) is 0 Å². The molecular weight excluding hydrogens is 322 g/mol. The average molecular weight is 343 g/mol. The summed E-state index contributed by atoms with van der Waals surface area (Å²) in [5, 5.41) is 12.0. The molecule has 5 nitrogen and oxygen atoms in total. The third kappa shape index (κ3) is 2.80. The van der Waals surface area contributed by atoms with Crippen LogP contribution >= 0.6 is 0 Å². The van der Waals surface area contributed by atoms with E-state index in [1.165, 1.54) is 22.2 Å². The summed E-state index contributed by atoms with van der Waals surface area (Å²) >= 11 is 0. The van der Waals surface area contributed by atoms with Crippen molar-refractivity contribution in [2.24, 2.45) is 0 Å². The molecule has 5 heteroatoms. The van der Waals surface area contributed by atoms with Crippen molar-refractivity contribution >= 4 is 16.5 Å². The van der Waals surface area contributed by atoms with Crippen molar-refractivity contribution < 1.29 is 0 Å². The smallest absolute Gasteiger partial charge is 0.0921 e. The van der Waals surface area contributed by atoms with Crippen LogP contribution in [0.4, 0.5) is 0 Å². The second-order valence-electron chi connectivity index (χ2n) is 6.87. The van der Waals surface area contributed by atoms with Gasteiger partial charge in [-0.05, 0) is 23.8 Å². The molecule has 1 aromatic carbocycles. The lowest BCUT2D eigenvalue weighted by molar-refractivity contribution is 0.346. The van der Waals surface area contributed by atoms with Crippen LogP contribution in [-0.2, 0) is 6.42 Å². The van der Waals surface area contributed by atoms with E-state index >= 15 is 0 Å². The molecule has 0 fully saturated rings. The molecule has 2 aliphatic rings. The second kappa shape index (κ2) is 6.42. The predicted molar refractivity (Wildman–Crippen MR) is 103 cm³/mol. The number of para-hydroxylation sites is 1. The Morgan fingerprint density at radius 3 is 2.92 bits per heavy atom. The van der Waals surface area contributed by atoms with Gasteiger partial charge in [-0.25, -0.2) is 0 Å². The van der Waals surface area contributed by atoms with Crippen LogP contribution in [0.5, 0.6) is 0 Å². The number of nitrogens with zero attached hydrogens (tertiary/aromatic N) is 3. The highest BCUT2D eigenvalue weighted by Crippen LogP contribution is 2.31. The fraction of sp³-hybridized carbons (Fsp3) is 0.238. The summed E-state index contributed by atoms with van der Waals surface area (Å²) in [5.41, 5.74) is 7.27. The molecule has 0 atom stereocenters. The minimum atomic E-state index is 0.876. The maximum absolute atomic E-state index is 4.80.